The van der Waals surface area contributed by atoms with Crippen molar-refractivity contribution >= 4 is 29.2 Å². The van der Waals surface area contributed by atoms with Crippen molar-refractivity contribution in [3.05, 3.63) is 66.1 Å². The molecule has 2 aromatic rings. The number of carbonyl (C=O) groups is 2. The molecule has 2 N–H and O–H groups in total. The molecule has 3 atom stereocenters. The smallest absolute Gasteiger partial charge is 0.307 e. The molecule has 2 aliphatic rings. The van der Waals surface area contributed by atoms with Gasteiger partial charge in [0.15, 0.2) is 5.78 Å². The number of nitrogens with one attached hydrogen (secondary N) is 1. The first-order chi connectivity index (χ1) is 16.8. The summed E-state index contributed by atoms with van der Waals surface area (Å²) < 4.78 is 19.0. The van der Waals surface area contributed by atoms with Crippen molar-refractivity contribution in [3.63, 3.8) is 0 Å². The largest absolute Gasteiger partial charge is 0.497 e. The molecule has 0 radical (unpaired) electrons. The Kier molecular flexibility index (Phi) is 7.82. The summed E-state index contributed by atoms with van der Waals surface area (Å²) >= 11 is 1.52. The zero-order valence-electron chi connectivity index (χ0n) is 20.0. The van der Waals surface area contributed by atoms with Gasteiger partial charge in [-0.05, 0) is 80.2 Å². The number of fused-ring (bicyclic) bond motifs is 1. The van der Waals surface area contributed by atoms with E-state index in [9.17, 15) is 19.1 Å². The minimum atomic E-state index is -1.09. The number of methoxy groups -OCH3 is 1. The maximum absolute atomic E-state index is 14.3. The second-order valence-corrected chi connectivity index (χ2v) is 10.3. The van der Waals surface area contributed by atoms with Crippen molar-refractivity contribution in [1.29, 1.82) is 0 Å². The summed E-state index contributed by atoms with van der Waals surface area (Å²) in [6.45, 7) is 2.85. The topological polar surface area (TPSA) is 78.9 Å². The predicted octanol–water partition coefficient (Wildman–Crippen LogP) is 5.15. The normalized spacial score (nSPS) is 22.7. The molecule has 2 aliphatic heterocycles. The van der Waals surface area contributed by atoms with E-state index in [-0.39, 0.29) is 17.5 Å². The first-order valence-electron chi connectivity index (χ1n) is 11.9. The van der Waals surface area contributed by atoms with Gasteiger partial charge in [-0.15, -0.1) is 11.8 Å². The van der Waals surface area contributed by atoms with Crippen molar-refractivity contribution in [2.75, 3.05) is 31.3 Å². The Morgan fingerprint density at radius 1 is 1.31 bits per heavy atom. The average Bonchev–Trinajstić information content (AvgIpc) is 2.87. The monoisotopic (exact) mass is 498 g/mol. The third-order valence-electron chi connectivity index (χ3n) is 6.91. The average molecular weight is 499 g/mol. The number of piperidine rings is 1. The number of hydrogen-bond acceptors (Lipinski definition) is 6. The van der Waals surface area contributed by atoms with E-state index in [0.29, 0.717) is 43.9 Å². The molecule has 0 aliphatic carbocycles. The zero-order valence-corrected chi connectivity index (χ0v) is 20.8. The molecular formula is C27H31FN2O4S. The van der Waals surface area contributed by atoms with Crippen LogP contribution in [0.1, 0.15) is 31.7 Å². The van der Waals surface area contributed by atoms with E-state index in [1.165, 1.54) is 23.9 Å². The van der Waals surface area contributed by atoms with E-state index >= 15 is 0 Å². The quantitative estimate of drug-likeness (QED) is 0.463. The summed E-state index contributed by atoms with van der Waals surface area (Å²) in [5, 5.41) is 13.0. The van der Waals surface area contributed by atoms with Gasteiger partial charge in [-0.3, -0.25) is 14.5 Å². The Labute approximate surface area is 209 Å². The maximum Gasteiger partial charge on any atom is 0.307 e. The number of anilines is 1. The van der Waals surface area contributed by atoms with E-state index < -0.39 is 17.4 Å². The van der Waals surface area contributed by atoms with Crippen LogP contribution in [-0.2, 0) is 15.1 Å². The molecule has 0 spiro atoms. The maximum atomic E-state index is 14.3. The number of nitrogens with zero attached hydrogens (tertiary/aromatic N) is 1. The molecule has 0 bridgehead atoms. The van der Waals surface area contributed by atoms with Crippen LogP contribution in [0, 0.1) is 17.7 Å². The fourth-order valence-electron chi connectivity index (χ4n) is 5.00. The fourth-order valence-corrected chi connectivity index (χ4v) is 6.07. The molecule has 0 amide bonds. The van der Waals surface area contributed by atoms with Gasteiger partial charge in [-0.25, -0.2) is 4.39 Å². The number of ether oxygens (including phenoxy) is 1. The highest BCUT2D eigenvalue weighted by molar-refractivity contribution is 7.99. The molecular weight excluding hydrogens is 467 g/mol. The third kappa shape index (κ3) is 5.23. The number of carboxylic acids is 1. The molecule has 6 nitrogen and oxygen atoms in total. The molecule has 4 rings (SSSR count). The number of ketones is 1. The first-order valence-corrected chi connectivity index (χ1v) is 12.9. The number of Topliss-reactive ketones (excluding diaryl/α,β-unsaturated/α-hetero) is 1. The lowest BCUT2D eigenvalue weighted by atomic mass is 9.75. The van der Waals surface area contributed by atoms with Crippen LogP contribution >= 0.6 is 11.8 Å². The van der Waals surface area contributed by atoms with Crippen LogP contribution in [0.4, 0.5) is 10.1 Å². The number of aliphatic carboxylic acids is 1. The highest BCUT2D eigenvalue weighted by Crippen LogP contribution is 2.44. The SMILES string of the molecule is COc1ccc2c(c1)[C@](C(=O)C(C)CCSc1cccc(F)c1)(N1CCC[C@@H](C(=O)O)C1)C=CN2. The minimum absolute atomic E-state index is 0.0237. The highest BCUT2D eigenvalue weighted by Gasteiger charge is 2.49. The van der Waals surface area contributed by atoms with E-state index in [2.05, 4.69) is 5.32 Å². The number of carbonyl (C=O) groups excluding carboxylic acids is 1. The highest BCUT2D eigenvalue weighted by atomic mass is 32.2. The third-order valence-corrected chi connectivity index (χ3v) is 7.94. The lowest BCUT2D eigenvalue weighted by Crippen LogP contribution is -2.57. The van der Waals surface area contributed by atoms with Crippen molar-refractivity contribution in [1.82, 2.24) is 4.90 Å². The number of thioether (sulfide) groups is 1. The van der Waals surface area contributed by atoms with Crippen LogP contribution in [0.5, 0.6) is 5.75 Å². The Morgan fingerprint density at radius 2 is 2.14 bits per heavy atom. The summed E-state index contributed by atoms with van der Waals surface area (Å²) in [7, 11) is 1.59. The summed E-state index contributed by atoms with van der Waals surface area (Å²) in [6.07, 6.45) is 5.57. The van der Waals surface area contributed by atoms with Crippen LogP contribution in [0.2, 0.25) is 0 Å². The Hall–Kier alpha value is -2.84. The molecule has 2 aromatic carbocycles. The number of hydrogen-bond donors (Lipinski definition) is 2. The molecule has 2 heterocycles. The van der Waals surface area contributed by atoms with Gasteiger partial charge in [0.1, 0.15) is 17.1 Å². The van der Waals surface area contributed by atoms with Crippen molar-refractivity contribution in [3.8, 4) is 5.75 Å². The summed E-state index contributed by atoms with van der Waals surface area (Å²) in [5.41, 5.74) is 0.493. The van der Waals surface area contributed by atoms with Crippen LogP contribution in [0.3, 0.4) is 0 Å². The van der Waals surface area contributed by atoms with E-state index in [1.807, 2.05) is 42.2 Å². The molecule has 1 unspecified atom stereocenters. The zero-order chi connectivity index (χ0) is 25.0. The minimum Gasteiger partial charge on any atom is -0.497 e. The Balaban J connectivity index is 1.64. The van der Waals surface area contributed by atoms with Crippen molar-refractivity contribution in [2.45, 2.75) is 36.6 Å². The number of carboxylic acid groups (broad SMARTS) is 1. The number of benzene rings is 2. The summed E-state index contributed by atoms with van der Waals surface area (Å²) in [5.74, 6) is -0.610. The molecule has 35 heavy (non-hydrogen) atoms. The number of likely N-dealkylation sites (tertiary alicyclic amines) is 1. The lowest BCUT2D eigenvalue weighted by molar-refractivity contribution is -0.147. The van der Waals surface area contributed by atoms with Gasteiger partial charge in [-0.1, -0.05) is 13.0 Å². The van der Waals surface area contributed by atoms with Gasteiger partial charge >= 0.3 is 5.97 Å². The van der Waals surface area contributed by atoms with Crippen LogP contribution in [0.15, 0.2) is 59.6 Å². The van der Waals surface area contributed by atoms with Crippen molar-refractivity contribution < 1.29 is 23.8 Å². The van der Waals surface area contributed by atoms with Gasteiger partial charge in [0.2, 0.25) is 0 Å². The van der Waals surface area contributed by atoms with Gasteiger partial charge in [0.25, 0.3) is 0 Å². The van der Waals surface area contributed by atoms with Crippen LogP contribution in [0.25, 0.3) is 0 Å². The standard InChI is InChI=1S/C27H31FN2O4S/c1-18(10-14-35-22-7-3-6-20(28)15-22)25(31)27(30-13-4-5-19(17-30)26(32)33)11-12-29-24-9-8-21(34-2)16-23(24)27/h3,6-9,11-12,15-16,18-19,29H,4-5,10,13-14,17H2,1-2H3,(H,32,33)/t18?,19-,27-/m1/s1. The molecule has 8 heteroatoms. The number of halogens is 1. The summed E-state index contributed by atoms with van der Waals surface area (Å²) in [4.78, 5) is 29.0. The van der Waals surface area contributed by atoms with Gasteiger partial charge in [0.05, 0.1) is 13.0 Å². The second kappa shape index (κ2) is 10.8. The fraction of sp³-hybridized carbons (Fsp3) is 0.407. The number of rotatable bonds is 9. The lowest BCUT2D eigenvalue weighted by Gasteiger charge is -2.47. The van der Waals surface area contributed by atoms with E-state index in [0.717, 1.165) is 16.1 Å². The first kappa shape index (κ1) is 25.3. The van der Waals surface area contributed by atoms with E-state index in [4.69, 9.17) is 4.74 Å². The van der Waals surface area contributed by atoms with Crippen molar-refractivity contribution in [2.24, 2.45) is 11.8 Å². The van der Waals surface area contributed by atoms with Crippen LogP contribution in [-0.4, -0.2) is 47.7 Å². The van der Waals surface area contributed by atoms with E-state index in [1.54, 1.807) is 19.4 Å². The Bertz CT molecular complexity index is 1120. The molecule has 0 saturated carbocycles. The van der Waals surface area contributed by atoms with Gasteiger partial charge in [0, 0.05) is 28.6 Å². The van der Waals surface area contributed by atoms with Gasteiger partial charge in [-0.2, -0.15) is 0 Å². The predicted molar refractivity (Wildman–Crippen MR) is 135 cm³/mol. The second-order valence-electron chi connectivity index (χ2n) is 9.14. The molecule has 1 fully saturated rings. The Morgan fingerprint density at radius 3 is 2.89 bits per heavy atom. The summed E-state index contributed by atoms with van der Waals surface area (Å²) in [6, 6.07) is 12.1. The van der Waals surface area contributed by atoms with Gasteiger partial charge < -0.3 is 15.2 Å². The molecule has 1 saturated heterocycles. The molecule has 0 aromatic heterocycles. The molecule has 186 valence electrons. The van der Waals surface area contributed by atoms with Crippen LogP contribution < -0.4 is 10.1 Å².